The Balaban J connectivity index is 5.63. The van der Waals surface area contributed by atoms with E-state index in [0.717, 1.165) is 41.5 Å². The van der Waals surface area contributed by atoms with E-state index in [1.165, 1.54) is 13.8 Å². The van der Waals surface area contributed by atoms with E-state index in [-0.39, 0.29) is 64.0 Å². The van der Waals surface area contributed by atoms with Crippen LogP contribution in [-0.4, -0.2) is 178 Å². The van der Waals surface area contributed by atoms with Gasteiger partial charge in [-0.3, -0.25) is 86.3 Å². The molecule has 30 nitrogen and oxygen atoms in total. The Bertz CT molecular complexity index is 2410. The first-order valence-corrected chi connectivity index (χ1v) is 31.9. The van der Waals surface area contributed by atoms with Crippen molar-refractivity contribution in [1.29, 1.82) is 0 Å². The standard InChI is InChI=1S/C65H96O30/c1-11-21-54(72)84-31-17-13-15-19-33-86-56(74)27-23-50(44(7)68)62(80)90-37-48(35-88-60(78)40(3)42(5)66)94-64(82)52(46(9)70)25-29-58(76)92-39-93-59(77)30-26-53(47(10)71)65(83)95-49(36-89-61(79)41(4)43(6)67)38-91-63(81)51(45(8)69)24-28-57(75)87-34-20-16-14-18-32-85-55(73)22-12-2/h40-41,48-53H,11-39H2,1-10H3. The summed E-state index contributed by atoms with van der Waals surface area (Å²) in [5.74, 6) is -24.3. The number of unbranched alkanes of at least 4 members (excludes halogenated alkanes) is 6. The van der Waals surface area contributed by atoms with E-state index in [2.05, 4.69) is 0 Å². The smallest absolute Gasteiger partial charge is 0.317 e. The van der Waals surface area contributed by atoms with Crippen LogP contribution >= 0.6 is 0 Å². The van der Waals surface area contributed by atoms with Gasteiger partial charge in [0.05, 0.1) is 26.4 Å². The van der Waals surface area contributed by atoms with E-state index in [9.17, 15) is 86.3 Å². The Labute approximate surface area is 552 Å². The highest BCUT2D eigenvalue weighted by Crippen LogP contribution is 2.20. The summed E-state index contributed by atoms with van der Waals surface area (Å²) in [6, 6.07) is 0. The molecule has 0 rings (SSSR count). The van der Waals surface area contributed by atoms with E-state index in [4.69, 9.17) is 56.8 Å². The highest BCUT2D eigenvalue weighted by Gasteiger charge is 2.35. The first-order chi connectivity index (χ1) is 44.9. The number of esters is 12. The van der Waals surface area contributed by atoms with Crippen molar-refractivity contribution >= 4 is 106 Å². The molecular formula is C65H96O30. The van der Waals surface area contributed by atoms with Crippen LogP contribution in [0.2, 0.25) is 0 Å². The molecule has 0 aliphatic rings. The van der Waals surface area contributed by atoms with Crippen molar-refractivity contribution in [2.24, 2.45) is 35.5 Å². The highest BCUT2D eigenvalue weighted by molar-refractivity contribution is 6.01. The Hall–Kier alpha value is -8.34. The third-order valence-electron chi connectivity index (χ3n) is 14.3. The lowest BCUT2D eigenvalue weighted by atomic mass is 9.99. The molecule has 0 aromatic rings. The maximum Gasteiger partial charge on any atom is 0.317 e. The average molecular weight is 1360 g/mol. The maximum absolute atomic E-state index is 13.4. The molecular weight excluding hydrogens is 1260 g/mol. The third-order valence-corrected chi connectivity index (χ3v) is 14.3. The number of ketones is 6. The maximum atomic E-state index is 13.4. The number of hydrogen-bond acceptors (Lipinski definition) is 30. The molecule has 95 heavy (non-hydrogen) atoms. The summed E-state index contributed by atoms with van der Waals surface area (Å²) >= 11 is 0. The van der Waals surface area contributed by atoms with Crippen molar-refractivity contribution in [1.82, 2.24) is 0 Å². The number of carbonyl (C=O) groups is 18. The van der Waals surface area contributed by atoms with Gasteiger partial charge in [-0.1, -0.05) is 13.8 Å². The van der Waals surface area contributed by atoms with Gasteiger partial charge in [0.25, 0.3) is 0 Å². The van der Waals surface area contributed by atoms with Gasteiger partial charge >= 0.3 is 71.6 Å². The lowest BCUT2D eigenvalue weighted by Crippen LogP contribution is -2.37. The number of rotatable bonds is 54. The van der Waals surface area contributed by atoms with E-state index in [0.29, 0.717) is 77.0 Å². The largest absolute Gasteiger partial charge is 0.466 e. The monoisotopic (exact) mass is 1360 g/mol. The number of carbonyl (C=O) groups excluding carboxylic acids is 18. The molecule has 0 heterocycles. The summed E-state index contributed by atoms with van der Waals surface area (Å²) in [6.45, 7) is 8.82. The number of hydrogen-bond donors (Lipinski definition) is 0. The summed E-state index contributed by atoms with van der Waals surface area (Å²) in [6.07, 6.45) is -0.0462. The molecule has 0 fully saturated rings. The summed E-state index contributed by atoms with van der Waals surface area (Å²) in [5, 5.41) is 0. The second-order valence-corrected chi connectivity index (χ2v) is 22.5. The molecule has 0 amide bonds. The zero-order chi connectivity index (χ0) is 72.0. The van der Waals surface area contributed by atoms with Crippen LogP contribution in [0.15, 0.2) is 0 Å². The summed E-state index contributed by atoms with van der Waals surface area (Å²) < 4.78 is 61.9. The fraction of sp³-hybridized carbons (Fsp3) is 0.723. The van der Waals surface area contributed by atoms with Gasteiger partial charge in [0, 0.05) is 38.5 Å². The van der Waals surface area contributed by atoms with E-state index >= 15 is 0 Å². The summed E-state index contributed by atoms with van der Waals surface area (Å²) in [4.78, 5) is 226. The molecule has 0 aromatic carbocycles. The molecule has 30 heteroatoms. The van der Waals surface area contributed by atoms with Crippen LogP contribution in [0.4, 0.5) is 0 Å². The van der Waals surface area contributed by atoms with Gasteiger partial charge < -0.3 is 56.8 Å². The summed E-state index contributed by atoms with van der Waals surface area (Å²) in [5.41, 5.74) is 0. The average Bonchev–Trinajstić information content (AvgIpc) is 1.12. The lowest BCUT2D eigenvalue weighted by Gasteiger charge is -2.22. The predicted octanol–water partition coefficient (Wildman–Crippen LogP) is 5.31. The van der Waals surface area contributed by atoms with E-state index in [1.54, 1.807) is 0 Å². The van der Waals surface area contributed by atoms with E-state index < -0.39 is 201 Å². The van der Waals surface area contributed by atoms with Gasteiger partial charge in [0.1, 0.15) is 96.6 Å². The quantitative estimate of drug-likeness (QED) is 0.0245. The SMILES string of the molecule is CCCC(=O)OCCCCCCOC(=O)CCC(C(C)=O)C(=O)OCC(COC(=O)C(C)C(C)=O)OC(=O)C(CCC(=O)OCOC(=O)CCC(C(C)=O)C(=O)OC(COC(=O)C(C)C(C)=O)COC(=O)C(CCC(=O)OCCCCCCOC(=O)CCC)C(C)=O)C(C)=O. The van der Waals surface area contributed by atoms with Gasteiger partial charge in [-0.15, -0.1) is 0 Å². The zero-order valence-corrected chi connectivity index (χ0v) is 56.4. The minimum Gasteiger partial charge on any atom is -0.466 e. The van der Waals surface area contributed by atoms with E-state index in [1.807, 2.05) is 13.8 Å². The Kier molecular flexibility index (Phi) is 45.7. The Morgan fingerprint density at radius 2 is 0.495 bits per heavy atom. The number of ether oxygens (including phenoxy) is 12. The van der Waals surface area contributed by atoms with Gasteiger partial charge in [-0.2, -0.15) is 0 Å². The van der Waals surface area contributed by atoms with Crippen molar-refractivity contribution in [3.8, 4) is 0 Å². The first-order valence-electron chi connectivity index (χ1n) is 31.9. The Morgan fingerprint density at radius 3 is 0.737 bits per heavy atom. The van der Waals surface area contributed by atoms with Crippen LogP contribution in [0.5, 0.6) is 0 Å². The van der Waals surface area contributed by atoms with Crippen LogP contribution in [0, 0.1) is 35.5 Å². The second-order valence-electron chi connectivity index (χ2n) is 22.5. The Morgan fingerprint density at radius 1 is 0.263 bits per heavy atom. The normalized spacial score (nSPS) is 13.3. The van der Waals surface area contributed by atoms with Gasteiger partial charge in [-0.05, 0) is 145 Å². The molecule has 0 bridgehead atoms. The molecule has 8 atom stereocenters. The van der Waals surface area contributed by atoms with Crippen LogP contribution < -0.4 is 0 Å². The van der Waals surface area contributed by atoms with Gasteiger partial charge in [-0.25, -0.2) is 0 Å². The van der Waals surface area contributed by atoms with Crippen molar-refractivity contribution in [3.63, 3.8) is 0 Å². The molecule has 536 valence electrons. The molecule has 8 unspecified atom stereocenters. The minimum absolute atomic E-state index is 0.0579. The van der Waals surface area contributed by atoms with Crippen molar-refractivity contribution in [3.05, 3.63) is 0 Å². The van der Waals surface area contributed by atoms with Crippen molar-refractivity contribution in [2.45, 2.75) is 210 Å². The van der Waals surface area contributed by atoms with Crippen LogP contribution in [0.25, 0.3) is 0 Å². The molecule has 0 N–H and O–H groups in total. The molecule has 0 saturated heterocycles. The van der Waals surface area contributed by atoms with Gasteiger partial charge in [0.15, 0.2) is 12.2 Å². The van der Waals surface area contributed by atoms with Crippen molar-refractivity contribution in [2.75, 3.05) is 59.6 Å². The molecule has 0 spiro atoms. The molecule has 0 saturated carbocycles. The number of Topliss-reactive ketones (excluding diaryl/α,β-unsaturated/α-hetero) is 6. The summed E-state index contributed by atoms with van der Waals surface area (Å²) in [7, 11) is 0. The van der Waals surface area contributed by atoms with Crippen LogP contribution in [0.1, 0.15) is 198 Å². The second kappa shape index (κ2) is 50.1. The van der Waals surface area contributed by atoms with Crippen LogP contribution in [-0.2, 0) is 143 Å². The lowest BCUT2D eigenvalue weighted by molar-refractivity contribution is -0.175. The topological polar surface area (TPSA) is 418 Å². The van der Waals surface area contributed by atoms with Crippen molar-refractivity contribution < 1.29 is 143 Å². The molecule has 0 aromatic heterocycles. The first kappa shape index (κ1) is 86.7. The third kappa shape index (κ3) is 40.5. The fourth-order valence-corrected chi connectivity index (χ4v) is 8.07. The molecule has 0 radical (unpaired) electrons. The predicted molar refractivity (Wildman–Crippen MR) is 325 cm³/mol. The fourth-order valence-electron chi connectivity index (χ4n) is 8.07. The zero-order valence-electron chi connectivity index (χ0n) is 56.4. The molecule has 0 aliphatic carbocycles. The highest BCUT2D eigenvalue weighted by atomic mass is 16.7. The van der Waals surface area contributed by atoms with Gasteiger partial charge in [0.2, 0.25) is 6.79 Å². The molecule has 0 aliphatic heterocycles. The van der Waals surface area contributed by atoms with Crippen LogP contribution in [0.3, 0.4) is 0 Å². The minimum atomic E-state index is -1.69.